The monoisotopic (exact) mass is 405 g/mol. The van der Waals surface area contributed by atoms with Gasteiger partial charge >= 0.3 is 5.97 Å². The Morgan fingerprint density at radius 3 is 2.82 bits per heavy atom. The van der Waals surface area contributed by atoms with Crippen molar-refractivity contribution in [3.8, 4) is 5.75 Å². The van der Waals surface area contributed by atoms with Crippen LogP contribution in [-0.2, 0) is 17.7 Å². The fourth-order valence-corrected chi connectivity index (χ4v) is 3.54. The minimum Gasteiger partial charge on any atom is -0.496 e. The summed E-state index contributed by atoms with van der Waals surface area (Å²) < 4.78 is 10.6. The van der Waals surface area contributed by atoms with Gasteiger partial charge in [0.25, 0.3) is 0 Å². The van der Waals surface area contributed by atoms with E-state index in [9.17, 15) is 4.79 Å². The summed E-state index contributed by atoms with van der Waals surface area (Å²) in [5.74, 6) is 0.894. The van der Waals surface area contributed by atoms with Gasteiger partial charge in [-0.1, -0.05) is 42.7 Å². The third-order valence-electron chi connectivity index (χ3n) is 5.12. The quantitative estimate of drug-likeness (QED) is 0.357. The lowest BCUT2D eigenvalue weighted by atomic mass is 9.71. The molecule has 1 heterocycles. The number of nitrogens with zero attached hydrogens (tertiary/aromatic N) is 2. The normalized spacial score (nSPS) is 17.2. The molecular weight excluding hydrogens is 382 g/mol. The van der Waals surface area contributed by atoms with E-state index in [1.165, 1.54) is 7.11 Å². The fourth-order valence-electron chi connectivity index (χ4n) is 3.37. The molecular formula is C20H24ClN3O4. The maximum Gasteiger partial charge on any atom is 0.387 e. The Hall–Kier alpha value is -2.54. The molecule has 1 aliphatic rings. The molecule has 1 atom stereocenters. The van der Waals surface area contributed by atoms with Gasteiger partial charge in [-0.3, -0.25) is 0 Å². The summed E-state index contributed by atoms with van der Waals surface area (Å²) in [6.07, 6.45) is 2.47. The molecule has 1 aromatic heterocycles. The Labute approximate surface area is 168 Å². The number of methoxy groups -OCH3 is 1. The number of oxime groups is 1. The fraction of sp³-hybridized carbons (Fsp3) is 0.450. The minimum absolute atomic E-state index is 0.0300. The van der Waals surface area contributed by atoms with Crippen LogP contribution in [-0.4, -0.2) is 24.1 Å². The molecule has 3 rings (SSSR count). The minimum atomic E-state index is -0.705. The molecule has 2 aromatic rings. The zero-order valence-corrected chi connectivity index (χ0v) is 17.2. The van der Waals surface area contributed by atoms with Gasteiger partial charge in [-0.15, -0.1) is 0 Å². The zero-order chi connectivity index (χ0) is 20.5. The lowest BCUT2D eigenvalue weighted by Gasteiger charge is -2.33. The van der Waals surface area contributed by atoms with Crippen LogP contribution >= 0.6 is 11.6 Å². The lowest BCUT2D eigenvalue weighted by Crippen LogP contribution is -2.27. The first kappa shape index (κ1) is 20.2. The van der Waals surface area contributed by atoms with E-state index in [2.05, 4.69) is 31.1 Å². The third-order valence-corrected chi connectivity index (χ3v) is 5.36. The summed E-state index contributed by atoms with van der Waals surface area (Å²) in [6.45, 7) is 6.58. The largest absolute Gasteiger partial charge is 0.496 e. The zero-order valence-electron chi connectivity index (χ0n) is 16.4. The first-order chi connectivity index (χ1) is 13.2. The molecule has 0 aliphatic heterocycles. The summed E-state index contributed by atoms with van der Waals surface area (Å²) >= 11 is 6.00. The van der Waals surface area contributed by atoms with E-state index in [1.54, 1.807) is 18.2 Å². The predicted molar refractivity (Wildman–Crippen MR) is 106 cm³/mol. The molecule has 1 unspecified atom stereocenters. The molecule has 7 nitrogen and oxygen atoms in total. The van der Waals surface area contributed by atoms with Gasteiger partial charge < -0.3 is 19.8 Å². The van der Waals surface area contributed by atoms with Crippen molar-refractivity contribution in [1.29, 1.82) is 0 Å². The van der Waals surface area contributed by atoms with Crippen LogP contribution in [0.15, 0.2) is 27.9 Å². The maximum absolute atomic E-state index is 12.5. The van der Waals surface area contributed by atoms with Gasteiger partial charge in [0.1, 0.15) is 11.5 Å². The molecule has 28 heavy (non-hydrogen) atoms. The van der Waals surface area contributed by atoms with Crippen molar-refractivity contribution in [2.75, 3.05) is 7.11 Å². The summed E-state index contributed by atoms with van der Waals surface area (Å²) in [7, 11) is 1.50. The topological polar surface area (TPSA) is 99.9 Å². The van der Waals surface area contributed by atoms with E-state index in [1.807, 2.05) is 0 Å². The molecule has 0 bridgehead atoms. The van der Waals surface area contributed by atoms with Gasteiger partial charge in [0.15, 0.2) is 11.5 Å². The average Bonchev–Trinajstić information content (AvgIpc) is 3.08. The van der Waals surface area contributed by atoms with Crippen LogP contribution in [0.25, 0.3) is 0 Å². The number of fused-ring (bicyclic) bond motifs is 1. The van der Waals surface area contributed by atoms with E-state index in [0.717, 1.165) is 24.2 Å². The molecule has 0 saturated carbocycles. The van der Waals surface area contributed by atoms with Crippen LogP contribution in [0.1, 0.15) is 54.6 Å². The van der Waals surface area contributed by atoms with Gasteiger partial charge in [0.2, 0.25) is 0 Å². The van der Waals surface area contributed by atoms with Crippen molar-refractivity contribution in [3.05, 3.63) is 45.8 Å². The van der Waals surface area contributed by atoms with Crippen molar-refractivity contribution >= 4 is 23.4 Å². The number of aryl methyl sites for hydroxylation is 1. The highest BCUT2D eigenvalue weighted by Gasteiger charge is 2.34. The second-order valence-corrected chi connectivity index (χ2v) is 8.37. The van der Waals surface area contributed by atoms with E-state index >= 15 is 0 Å². The van der Waals surface area contributed by atoms with Crippen LogP contribution in [0.4, 0.5) is 0 Å². The smallest absolute Gasteiger partial charge is 0.387 e. The Morgan fingerprint density at radius 2 is 2.14 bits per heavy atom. The second-order valence-electron chi connectivity index (χ2n) is 7.94. The van der Waals surface area contributed by atoms with Gasteiger partial charge in [-0.25, -0.2) is 4.79 Å². The van der Waals surface area contributed by atoms with Crippen LogP contribution in [0, 0.1) is 11.3 Å². The van der Waals surface area contributed by atoms with Gasteiger partial charge in [0, 0.05) is 17.0 Å². The van der Waals surface area contributed by atoms with Crippen molar-refractivity contribution in [2.24, 2.45) is 22.2 Å². The molecule has 0 spiro atoms. The molecule has 0 saturated heterocycles. The number of hydrogen-bond acceptors (Lipinski definition) is 6. The van der Waals surface area contributed by atoms with Crippen molar-refractivity contribution in [2.45, 2.75) is 40.0 Å². The number of benzene rings is 1. The number of amidine groups is 1. The molecule has 1 aromatic carbocycles. The first-order valence-corrected chi connectivity index (χ1v) is 9.44. The number of rotatable bonds is 4. The Bertz CT molecular complexity index is 915. The first-order valence-electron chi connectivity index (χ1n) is 9.07. The van der Waals surface area contributed by atoms with Gasteiger partial charge in [0.05, 0.1) is 12.7 Å². The number of carbonyl (C=O) groups excluding carboxylic acids is 1. The van der Waals surface area contributed by atoms with E-state index in [4.69, 9.17) is 31.4 Å². The highest BCUT2D eigenvalue weighted by atomic mass is 35.5. The van der Waals surface area contributed by atoms with E-state index < -0.39 is 5.97 Å². The van der Waals surface area contributed by atoms with Crippen LogP contribution in [0.2, 0.25) is 5.02 Å². The molecule has 1 aliphatic carbocycles. The van der Waals surface area contributed by atoms with Crippen LogP contribution in [0.3, 0.4) is 0 Å². The van der Waals surface area contributed by atoms with E-state index in [0.29, 0.717) is 28.7 Å². The lowest BCUT2D eigenvalue weighted by molar-refractivity contribution is 0.0502. The summed E-state index contributed by atoms with van der Waals surface area (Å²) in [6, 6.07) is 4.90. The molecule has 0 radical (unpaired) electrons. The molecule has 0 fully saturated rings. The Morgan fingerprint density at radius 1 is 1.39 bits per heavy atom. The van der Waals surface area contributed by atoms with Gasteiger partial charge in [-0.05, 0) is 42.4 Å². The number of aromatic nitrogens is 1. The number of carbonyl (C=O) groups is 1. The second kappa shape index (κ2) is 7.83. The number of halogens is 1. The number of nitrogens with two attached hydrogens (primary N) is 1. The predicted octanol–water partition coefficient (Wildman–Crippen LogP) is 3.96. The molecule has 0 amide bonds. The van der Waals surface area contributed by atoms with E-state index in [-0.39, 0.29) is 16.9 Å². The van der Waals surface area contributed by atoms with Crippen molar-refractivity contribution in [3.63, 3.8) is 0 Å². The van der Waals surface area contributed by atoms with Crippen molar-refractivity contribution < 1.29 is 18.9 Å². The number of hydrogen-bond donors (Lipinski definition) is 1. The SMILES string of the molecule is COc1ccc(Cl)cc1/C(N)=N/OC(=O)c1noc2c1CC(C(C)(C)C)CC2. The molecule has 2 N–H and O–H groups in total. The molecule has 150 valence electrons. The Balaban J connectivity index is 1.79. The third kappa shape index (κ3) is 4.14. The van der Waals surface area contributed by atoms with Crippen LogP contribution < -0.4 is 10.5 Å². The average molecular weight is 406 g/mol. The number of ether oxygens (including phenoxy) is 1. The van der Waals surface area contributed by atoms with Crippen molar-refractivity contribution in [1.82, 2.24) is 5.16 Å². The maximum atomic E-state index is 12.5. The standard InChI is InChI=1S/C20H24ClN3O4/c1-20(2,3)11-5-7-16-13(9-11)17(23-27-16)19(25)28-24-18(22)14-10-12(21)6-8-15(14)26-4/h6,8,10-11H,5,7,9H2,1-4H3,(H2,22,24). The summed E-state index contributed by atoms with van der Waals surface area (Å²) in [4.78, 5) is 17.6. The van der Waals surface area contributed by atoms with Gasteiger partial charge in [-0.2, -0.15) is 0 Å². The highest BCUT2D eigenvalue weighted by Crippen LogP contribution is 2.38. The summed E-state index contributed by atoms with van der Waals surface area (Å²) in [5, 5.41) is 8.11. The molecule has 8 heteroatoms. The van der Waals surface area contributed by atoms with Crippen LogP contribution in [0.5, 0.6) is 5.75 Å². The Kier molecular flexibility index (Phi) is 5.65. The highest BCUT2D eigenvalue weighted by molar-refractivity contribution is 6.31. The summed E-state index contributed by atoms with van der Waals surface area (Å²) in [5.41, 5.74) is 7.45.